The number of carbonyl (C=O) groups is 3. The Morgan fingerprint density at radius 1 is 1.19 bits per heavy atom. The quantitative estimate of drug-likeness (QED) is 0.476. The van der Waals surface area contributed by atoms with Gasteiger partial charge in [0.2, 0.25) is 11.8 Å². The van der Waals surface area contributed by atoms with Crippen LogP contribution in [0.2, 0.25) is 5.02 Å². The highest BCUT2D eigenvalue weighted by molar-refractivity contribution is 8.03. The number of hydrogen-bond donors (Lipinski definition) is 2. The molecule has 2 N–H and O–H groups in total. The molecule has 164 valence electrons. The normalized spacial score (nSPS) is 17.8. The van der Waals surface area contributed by atoms with Crippen molar-refractivity contribution in [3.63, 3.8) is 0 Å². The van der Waals surface area contributed by atoms with Gasteiger partial charge < -0.3 is 15.4 Å². The Bertz CT molecular complexity index is 1080. The minimum absolute atomic E-state index is 0.0101. The third kappa shape index (κ3) is 5.49. The van der Waals surface area contributed by atoms with Crippen molar-refractivity contribution in [2.45, 2.75) is 12.5 Å². The van der Waals surface area contributed by atoms with Gasteiger partial charge in [-0.3, -0.25) is 14.4 Å². The predicted molar refractivity (Wildman–Crippen MR) is 121 cm³/mol. The van der Waals surface area contributed by atoms with E-state index in [9.17, 15) is 19.6 Å². The van der Waals surface area contributed by atoms with Gasteiger partial charge in [0, 0.05) is 17.5 Å². The zero-order chi connectivity index (χ0) is 23.1. The van der Waals surface area contributed by atoms with Crippen LogP contribution in [0.3, 0.4) is 0 Å². The summed E-state index contributed by atoms with van der Waals surface area (Å²) in [7, 11) is 1.19. The second kappa shape index (κ2) is 10.8. The number of ether oxygens (including phenoxy) is 1. The number of carbonyl (C=O) groups excluding carboxylic acids is 3. The summed E-state index contributed by atoms with van der Waals surface area (Å²) in [5, 5.41) is 16.0. The molecule has 9 heteroatoms. The maximum Gasteiger partial charge on any atom is 0.319 e. The van der Waals surface area contributed by atoms with Crippen LogP contribution in [0, 0.1) is 17.2 Å². The summed E-state index contributed by atoms with van der Waals surface area (Å²) in [5.41, 5.74) is 1.71. The van der Waals surface area contributed by atoms with Crippen LogP contribution in [0.15, 0.2) is 65.2 Å². The molecule has 2 aromatic rings. The molecule has 0 unspecified atom stereocenters. The van der Waals surface area contributed by atoms with E-state index >= 15 is 0 Å². The monoisotopic (exact) mass is 469 g/mol. The number of nitriles is 1. The highest BCUT2D eigenvalue weighted by Gasteiger charge is 2.44. The Balaban J connectivity index is 1.82. The highest BCUT2D eigenvalue weighted by Crippen LogP contribution is 2.40. The molecule has 1 heterocycles. The fraction of sp³-hybridized carbons (Fsp3) is 0.217. The van der Waals surface area contributed by atoms with Crippen molar-refractivity contribution in [2.75, 3.05) is 12.9 Å². The van der Waals surface area contributed by atoms with Crippen molar-refractivity contribution >= 4 is 41.1 Å². The Hall–Kier alpha value is -3.28. The molecule has 2 atom stereocenters. The fourth-order valence-electron chi connectivity index (χ4n) is 3.33. The fourth-order valence-corrected chi connectivity index (χ4v) is 4.34. The molecule has 0 spiro atoms. The van der Waals surface area contributed by atoms with E-state index in [2.05, 4.69) is 16.7 Å². The summed E-state index contributed by atoms with van der Waals surface area (Å²) in [6.45, 7) is 0.370. The molecule has 0 saturated carbocycles. The number of allylic oxidation sites excluding steroid dienone is 1. The second-order valence-corrected chi connectivity index (χ2v) is 8.35. The van der Waals surface area contributed by atoms with E-state index in [0.29, 0.717) is 17.1 Å². The molecule has 7 nitrogen and oxygen atoms in total. The number of thioether (sulfide) groups is 1. The summed E-state index contributed by atoms with van der Waals surface area (Å²) >= 11 is 7.00. The topological polar surface area (TPSA) is 108 Å². The van der Waals surface area contributed by atoms with E-state index in [4.69, 9.17) is 16.3 Å². The zero-order valence-electron chi connectivity index (χ0n) is 17.1. The Morgan fingerprint density at radius 2 is 1.88 bits per heavy atom. The van der Waals surface area contributed by atoms with Crippen molar-refractivity contribution in [3.8, 4) is 6.07 Å². The molecule has 2 amide bonds. The van der Waals surface area contributed by atoms with Gasteiger partial charge in [0.05, 0.1) is 29.5 Å². The van der Waals surface area contributed by atoms with Gasteiger partial charge in [-0.2, -0.15) is 5.26 Å². The molecule has 32 heavy (non-hydrogen) atoms. The minimum atomic E-state index is -1.23. The van der Waals surface area contributed by atoms with Gasteiger partial charge >= 0.3 is 5.97 Å². The third-order valence-electron chi connectivity index (χ3n) is 4.89. The van der Waals surface area contributed by atoms with E-state index in [1.165, 1.54) is 7.11 Å². The lowest BCUT2D eigenvalue weighted by Crippen LogP contribution is -2.44. The van der Waals surface area contributed by atoms with Crippen LogP contribution < -0.4 is 10.6 Å². The Morgan fingerprint density at radius 3 is 2.50 bits per heavy atom. The third-order valence-corrected chi connectivity index (χ3v) is 6.16. The first kappa shape index (κ1) is 23.4. The minimum Gasteiger partial charge on any atom is -0.468 e. The van der Waals surface area contributed by atoms with Crippen molar-refractivity contribution in [2.24, 2.45) is 5.92 Å². The average molecular weight is 470 g/mol. The van der Waals surface area contributed by atoms with Crippen LogP contribution in [-0.2, 0) is 25.7 Å². The summed E-state index contributed by atoms with van der Waals surface area (Å²) in [6.07, 6.45) is 0. The number of nitrogens with one attached hydrogen (secondary N) is 2. The number of nitrogens with zero attached hydrogens (tertiary/aromatic N) is 1. The molecule has 0 saturated heterocycles. The molecule has 0 radical (unpaired) electrons. The lowest BCUT2D eigenvalue weighted by molar-refractivity contribution is -0.150. The standard InChI is InChI=1S/C23H20ClN3O4S/c1-31-23(30)20-19(15-7-9-16(24)10-8-15)17(11-25)22(27-21(20)29)32-13-18(28)26-12-14-5-3-2-4-6-14/h2-10,19-20H,12-13H2,1H3,(H,26,28)(H,27,29)/t19-,20+/m0/s1. The lowest BCUT2D eigenvalue weighted by atomic mass is 9.78. The van der Waals surface area contributed by atoms with Gasteiger partial charge in [-0.25, -0.2) is 0 Å². The van der Waals surface area contributed by atoms with Gasteiger partial charge in [0.1, 0.15) is 5.92 Å². The molecular formula is C23H20ClN3O4S. The summed E-state index contributed by atoms with van der Waals surface area (Å²) in [5.74, 6) is -3.69. The van der Waals surface area contributed by atoms with Crippen LogP contribution in [0.4, 0.5) is 0 Å². The van der Waals surface area contributed by atoms with Crippen LogP contribution in [-0.4, -0.2) is 30.6 Å². The van der Waals surface area contributed by atoms with Gasteiger partial charge in [-0.15, -0.1) is 0 Å². The number of rotatable bonds is 7. The number of halogens is 1. The number of amides is 2. The molecule has 0 aromatic heterocycles. The van der Waals surface area contributed by atoms with E-state index < -0.39 is 23.7 Å². The summed E-state index contributed by atoms with van der Waals surface area (Å²) in [6, 6.07) is 18.1. The molecule has 0 fully saturated rings. The van der Waals surface area contributed by atoms with E-state index in [1.807, 2.05) is 30.3 Å². The van der Waals surface area contributed by atoms with Crippen LogP contribution in [0.5, 0.6) is 0 Å². The summed E-state index contributed by atoms with van der Waals surface area (Å²) < 4.78 is 4.81. The lowest BCUT2D eigenvalue weighted by Gasteiger charge is -2.30. The zero-order valence-corrected chi connectivity index (χ0v) is 18.7. The Labute approximate surface area is 194 Å². The molecule has 0 aliphatic carbocycles. The molecule has 3 rings (SSSR count). The first-order valence-corrected chi connectivity index (χ1v) is 11.0. The molecule has 2 aromatic carbocycles. The SMILES string of the molecule is COC(=O)[C@H]1C(=O)NC(SCC(=O)NCc2ccccc2)=C(C#N)[C@@H]1c1ccc(Cl)cc1. The van der Waals surface area contributed by atoms with Gasteiger partial charge in [0.25, 0.3) is 0 Å². The first-order chi connectivity index (χ1) is 15.4. The van der Waals surface area contributed by atoms with Crippen molar-refractivity contribution < 1.29 is 19.1 Å². The van der Waals surface area contributed by atoms with Gasteiger partial charge in [-0.1, -0.05) is 65.8 Å². The number of esters is 1. The van der Waals surface area contributed by atoms with Gasteiger partial charge in [-0.05, 0) is 23.3 Å². The Kier molecular flexibility index (Phi) is 7.92. The van der Waals surface area contributed by atoms with Crippen LogP contribution >= 0.6 is 23.4 Å². The summed E-state index contributed by atoms with van der Waals surface area (Å²) in [4.78, 5) is 37.5. The van der Waals surface area contributed by atoms with E-state index in [0.717, 1.165) is 17.3 Å². The maximum atomic E-state index is 12.8. The molecule has 1 aliphatic rings. The maximum absolute atomic E-state index is 12.8. The largest absolute Gasteiger partial charge is 0.468 e. The second-order valence-electron chi connectivity index (χ2n) is 6.92. The van der Waals surface area contributed by atoms with Crippen molar-refractivity contribution in [1.29, 1.82) is 5.26 Å². The van der Waals surface area contributed by atoms with Crippen LogP contribution in [0.1, 0.15) is 17.0 Å². The highest BCUT2D eigenvalue weighted by atomic mass is 35.5. The number of methoxy groups -OCH3 is 1. The smallest absolute Gasteiger partial charge is 0.319 e. The van der Waals surface area contributed by atoms with Crippen molar-refractivity contribution in [3.05, 3.63) is 81.3 Å². The van der Waals surface area contributed by atoms with E-state index in [1.54, 1.807) is 24.3 Å². The first-order valence-electron chi connectivity index (χ1n) is 9.66. The van der Waals surface area contributed by atoms with Crippen LogP contribution in [0.25, 0.3) is 0 Å². The predicted octanol–water partition coefficient (Wildman–Crippen LogP) is 3.13. The van der Waals surface area contributed by atoms with Gasteiger partial charge in [0.15, 0.2) is 0 Å². The average Bonchev–Trinajstić information content (AvgIpc) is 2.81. The van der Waals surface area contributed by atoms with E-state index in [-0.39, 0.29) is 22.3 Å². The molecule has 1 aliphatic heterocycles. The number of hydrogen-bond acceptors (Lipinski definition) is 6. The van der Waals surface area contributed by atoms with Crippen molar-refractivity contribution in [1.82, 2.24) is 10.6 Å². The molecular weight excluding hydrogens is 450 g/mol. The molecule has 0 bridgehead atoms. The number of benzene rings is 2.